The molecule has 2 rings (SSSR count). The summed E-state index contributed by atoms with van der Waals surface area (Å²) in [6.45, 7) is 1.58. The summed E-state index contributed by atoms with van der Waals surface area (Å²) in [5, 5.41) is 5.48. The molecule has 0 aromatic carbocycles. The molecule has 1 unspecified atom stereocenters. The van der Waals surface area contributed by atoms with Crippen LogP contribution in [-0.4, -0.2) is 33.9 Å². The van der Waals surface area contributed by atoms with Crippen molar-refractivity contribution in [1.82, 2.24) is 15.3 Å². The van der Waals surface area contributed by atoms with Gasteiger partial charge >= 0.3 is 0 Å². The fourth-order valence-corrected chi connectivity index (χ4v) is 2.24. The van der Waals surface area contributed by atoms with Crippen molar-refractivity contribution in [2.24, 2.45) is 5.73 Å². The normalized spacial score (nSPS) is 17.5. The molecule has 5 N–H and O–H groups in total. The van der Waals surface area contributed by atoms with E-state index in [1.54, 1.807) is 6.92 Å². The van der Waals surface area contributed by atoms with Crippen molar-refractivity contribution in [2.45, 2.75) is 51.1 Å². The van der Waals surface area contributed by atoms with Gasteiger partial charge in [-0.1, -0.05) is 19.3 Å². The second-order valence-electron chi connectivity index (χ2n) is 5.22. The van der Waals surface area contributed by atoms with Crippen LogP contribution in [0.4, 0.5) is 5.95 Å². The molecule has 0 radical (unpaired) electrons. The van der Waals surface area contributed by atoms with E-state index < -0.39 is 6.04 Å². The third kappa shape index (κ3) is 3.80. The van der Waals surface area contributed by atoms with E-state index >= 15 is 0 Å². The van der Waals surface area contributed by atoms with Crippen LogP contribution in [0.3, 0.4) is 0 Å². The smallest absolute Gasteiger partial charge is 0.271 e. The second kappa shape index (κ2) is 6.51. The van der Waals surface area contributed by atoms with E-state index in [0.29, 0.717) is 0 Å². The van der Waals surface area contributed by atoms with Gasteiger partial charge in [0.2, 0.25) is 11.9 Å². The Bertz CT molecular complexity index is 477. The zero-order valence-corrected chi connectivity index (χ0v) is 11.6. The van der Waals surface area contributed by atoms with E-state index in [1.807, 2.05) is 0 Å². The van der Waals surface area contributed by atoms with Crippen LogP contribution in [0.25, 0.3) is 0 Å². The first-order valence-corrected chi connectivity index (χ1v) is 6.99. The average Bonchev–Trinajstić information content (AvgIpc) is 2.88. The maximum Gasteiger partial charge on any atom is 0.271 e. The van der Waals surface area contributed by atoms with Crippen LogP contribution < -0.4 is 16.4 Å². The van der Waals surface area contributed by atoms with Gasteiger partial charge in [-0.3, -0.25) is 14.9 Å². The van der Waals surface area contributed by atoms with Gasteiger partial charge in [0.05, 0.1) is 6.04 Å². The molecule has 1 aromatic heterocycles. The Kier molecular flexibility index (Phi) is 4.73. The van der Waals surface area contributed by atoms with Crippen LogP contribution in [0.5, 0.6) is 0 Å². The molecule has 0 bridgehead atoms. The largest absolute Gasteiger partial charge is 0.348 e. The lowest BCUT2D eigenvalue weighted by molar-refractivity contribution is -0.117. The number of imidazole rings is 1. The monoisotopic (exact) mass is 279 g/mol. The van der Waals surface area contributed by atoms with Crippen LogP contribution >= 0.6 is 0 Å². The molecule has 1 aliphatic rings. The number of carbonyl (C=O) groups excluding carboxylic acids is 2. The quantitative estimate of drug-likeness (QED) is 0.651. The fourth-order valence-electron chi connectivity index (χ4n) is 2.24. The molecule has 110 valence electrons. The minimum Gasteiger partial charge on any atom is -0.348 e. The first kappa shape index (κ1) is 14.5. The molecular formula is C13H21N5O2. The van der Waals surface area contributed by atoms with Gasteiger partial charge < -0.3 is 16.0 Å². The van der Waals surface area contributed by atoms with Gasteiger partial charge in [0.1, 0.15) is 5.69 Å². The minimum absolute atomic E-state index is 0.213. The topological polar surface area (TPSA) is 113 Å². The highest BCUT2D eigenvalue weighted by atomic mass is 16.2. The van der Waals surface area contributed by atoms with E-state index in [-0.39, 0.29) is 29.5 Å². The number of hydrogen-bond acceptors (Lipinski definition) is 4. The summed E-state index contributed by atoms with van der Waals surface area (Å²) in [5.41, 5.74) is 5.71. The van der Waals surface area contributed by atoms with Gasteiger partial charge in [-0.2, -0.15) is 0 Å². The number of aromatic amines is 1. The molecular weight excluding hydrogens is 258 g/mol. The Morgan fingerprint density at radius 3 is 2.75 bits per heavy atom. The predicted octanol–water partition coefficient (Wildman–Crippen LogP) is 0.758. The van der Waals surface area contributed by atoms with Gasteiger partial charge in [-0.05, 0) is 19.8 Å². The van der Waals surface area contributed by atoms with Crippen LogP contribution in [-0.2, 0) is 4.79 Å². The molecule has 1 atom stereocenters. The van der Waals surface area contributed by atoms with E-state index in [9.17, 15) is 9.59 Å². The number of hydrogen-bond donors (Lipinski definition) is 4. The highest BCUT2D eigenvalue weighted by Gasteiger charge is 2.19. The van der Waals surface area contributed by atoms with Crippen LogP contribution in [0, 0.1) is 0 Å². The molecule has 0 aliphatic heterocycles. The second-order valence-corrected chi connectivity index (χ2v) is 5.22. The molecule has 1 fully saturated rings. The lowest BCUT2D eigenvalue weighted by atomic mass is 9.95. The summed E-state index contributed by atoms with van der Waals surface area (Å²) in [5.74, 6) is -0.325. The van der Waals surface area contributed by atoms with Crippen molar-refractivity contribution >= 4 is 17.8 Å². The first-order chi connectivity index (χ1) is 9.56. The molecule has 0 spiro atoms. The molecule has 1 saturated carbocycles. The molecule has 1 aromatic rings. The molecule has 1 aliphatic carbocycles. The summed E-state index contributed by atoms with van der Waals surface area (Å²) >= 11 is 0. The Balaban J connectivity index is 1.90. The highest BCUT2D eigenvalue weighted by Crippen LogP contribution is 2.17. The minimum atomic E-state index is -0.625. The van der Waals surface area contributed by atoms with Crippen LogP contribution in [0.2, 0.25) is 0 Å². The van der Waals surface area contributed by atoms with E-state index in [2.05, 4.69) is 20.6 Å². The highest BCUT2D eigenvalue weighted by molar-refractivity contribution is 5.95. The fraction of sp³-hybridized carbons (Fsp3) is 0.615. The van der Waals surface area contributed by atoms with Crippen molar-refractivity contribution in [1.29, 1.82) is 0 Å². The maximum absolute atomic E-state index is 12.0. The number of nitrogens with zero attached hydrogens (tertiary/aromatic N) is 1. The van der Waals surface area contributed by atoms with Crippen molar-refractivity contribution in [2.75, 3.05) is 5.32 Å². The molecule has 1 heterocycles. The lowest BCUT2D eigenvalue weighted by Gasteiger charge is -2.22. The lowest BCUT2D eigenvalue weighted by Crippen LogP contribution is -2.36. The standard InChI is InChI=1S/C13H21N5O2/c1-8(14)11(19)18-13-15-7-10(17-13)12(20)16-9-5-3-2-4-6-9/h7-9H,2-6,14H2,1H3,(H,16,20)(H2,15,17,18,19). The van der Waals surface area contributed by atoms with Crippen molar-refractivity contribution in [3.63, 3.8) is 0 Å². The van der Waals surface area contributed by atoms with Crippen molar-refractivity contribution in [3.8, 4) is 0 Å². The van der Waals surface area contributed by atoms with E-state index in [4.69, 9.17) is 5.73 Å². The number of carbonyl (C=O) groups is 2. The molecule has 0 saturated heterocycles. The third-order valence-corrected chi connectivity index (χ3v) is 3.41. The summed E-state index contributed by atoms with van der Waals surface area (Å²) in [4.78, 5) is 30.2. The zero-order chi connectivity index (χ0) is 14.5. The zero-order valence-electron chi connectivity index (χ0n) is 11.6. The van der Waals surface area contributed by atoms with Gasteiger partial charge in [-0.15, -0.1) is 0 Å². The predicted molar refractivity (Wildman–Crippen MR) is 75.2 cm³/mol. The summed E-state index contributed by atoms with van der Waals surface area (Å²) in [6, 6.07) is -0.394. The van der Waals surface area contributed by atoms with Gasteiger partial charge in [-0.25, -0.2) is 4.98 Å². The number of aromatic nitrogens is 2. The number of nitrogens with two attached hydrogens (primary N) is 1. The third-order valence-electron chi connectivity index (χ3n) is 3.41. The van der Waals surface area contributed by atoms with E-state index in [1.165, 1.54) is 12.6 Å². The number of rotatable bonds is 4. The van der Waals surface area contributed by atoms with E-state index in [0.717, 1.165) is 25.7 Å². The van der Waals surface area contributed by atoms with Crippen molar-refractivity contribution < 1.29 is 9.59 Å². The van der Waals surface area contributed by atoms with Crippen molar-refractivity contribution in [3.05, 3.63) is 11.9 Å². The number of H-pyrrole nitrogens is 1. The molecule has 7 heteroatoms. The molecule has 20 heavy (non-hydrogen) atoms. The number of nitrogens with one attached hydrogen (secondary N) is 3. The SMILES string of the molecule is CC(N)C(=O)Nc1nc(C(=O)NC2CCCCC2)c[nH]1. The summed E-state index contributed by atoms with van der Waals surface area (Å²) < 4.78 is 0. The Morgan fingerprint density at radius 2 is 2.10 bits per heavy atom. The Morgan fingerprint density at radius 1 is 1.40 bits per heavy atom. The van der Waals surface area contributed by atoms with Crippen LogP contribution in [0.15, 0.2) is 6.20 Å². The molecule has 2 amide bonds. The average molecular weight is 279 g/mol. The Labute approximate surface area is 117 Å². The first-order valence-electron chi connectivity index (χ1n) is 6.99. The Hall–Kier alpha value is -1.89. The van der Waals surface area contributed by atoms with Crippen LogP contribution in [0.1, 0.15) is 49.5 Å². The van der Waals surface area contributed by atoms with Gasteiger partial charge in [0, 0.05) is 12.2 Å². The summed E-state index contributed by atoms with van der Waals surface area (Å²) in [6.07, 6.45) is 7.06. The summed E-state index contributed by atoms with van der Waals surface area (Å²) in [7, 11) is 0. The number of amides is 2. The maximum atomic E-state index is 12.0. The van der Waals surface area contributed by atoms with Gasteiger partial charge in [0.25, 0.3) is 5.91 Å². The molecule has 7 nitrogen and oxygen atoms in total. The van der Waals surface area contributed by atoms with Gasteiger partial charge in [0.15, 0.2) is 0 Å². The number of anilines is 1.